The van der Waals surface area contributed by atoms with E-state index in [-0.39, 0.29) is 11.6 Å². The molecule has 3 aromatic rings. The number of rotatable bonds is 6. The first kappa shape index (κ1) is 16.3. The summed E-state index contributed by atoms with van der Waals surface area (Å²) in [5, 5.41) is 14.2. The van der Waals surface area contributed by atoms with Crippen LogP contribution in [-0.4, -0.2) is 16.3 Å². The lowest BCUT2D eigenvalue weighted by Crippen LogP contribution is -2.04. The molecule has 124 valence electrons. The smallest absolute Gasteiger partial charge is 0.222 e. The molecule has 5 nitrogen and oxygen atoms in total. The van der Waals surface area contributed by atoms with Crippen molar-refractivity contribution in [1.29, 1.82) is 0 Å². The van der Waals surface area contributed by atoms with Crippen molar-refractivity contribution in [3.8, 4) is 11.6 Å². The summed E-state index contributed by atoms with van der Waals surface area (Å²) < 4.78 is 7.42. The zero-order valence-electron chi connectivity index (χ0n) is 13.2. The van der Waals surface area contributed by atoms with E-state index in [4.69, 9.17) is 16.3 Å². The first-order valence-electron chi connectivity index (χ1n) is 7.64. The second-order valence-electron chi connectivity index (χ2n) is 5.54. The van der Waals surface area contributed by atoms with Crippen molar-refractivity contribution in [2.45, 2.75) is 19.9 Å². The molecular formula is C18H17ClN2O3. The maximum absolute atomic E-state index is 11.0. The van der Waals surface area contributed by atoms with Crippen LogP contribution in [0.25, 0.3) is 10.9 Å². The molecule has 24 heavy (non-hydrogen) atoms. The van der Waals surface area contributed by atoms with Gasteiger partial charge in [0.15, 0.2) is 5.69 Å². The summed E-state index contributed by atoms with van der Waals surface area (Å²) in [7, 11) is 0. The molecule has 0 atom stereocenters. The highest BCUT2D eigenvalue weighted by Crippen LogP contribution is 2.39. The number of nitroso groups, excluding NO2 is 1. The topological polar surface area (TPSA) is 63.8 Å². The van der Waals surface area contributed by atoms with Gasteiger partial charge in [-0.2, -0.15) is 0 Å². The van der Waals surface area contributed by atoms with Crippen LogP contribution in [0.3, 0.4) is 0 Å². The summed E-state index contributed by atoms with van der Waals surface area (Å²) >= 11 is 5.96. The van der Waals surface area contributed by atoms with Gasteiger partial charge in [0.1, 0.15) is 5.75 Å². The highest BCUT2D eigenvalue weighted by Gasteiger charge is 2.17. The molecule has 0 aliphatic carbocycles. The summed E-state index contributed by atoms with van der Waals surface area (Å²) in [5.41, 5.74) is 1.82. The molecule has 0 radical (unpaired) electrons. The molecule has 1 N–H and O–H groups in total. The highest BCUT2D eigenvalue weighted by molar-refractivity contribution is 6.31. The third-order valence-electron chi connectivity index (χ3n) is 3.94. The Hall–Kier alpha value is -2.53. The molecule has 0 spiro atoms. The van der Waals surface area contributed by atoms with Gasteiger partial charge in [-0.3, -0.25) is 0 Å². The number of hydrogen-bond acceptors (Lipinski definition) is 4. The fourth-order valence-corrected chi connectivity index (χ4v) is 2.91. The maximum Gasteiger partial charge on any atom is 0.222 e. The predicted molar refractivity (Wildman–Crippen MR) is 95.4 cm³/mol. The average molecular weight is 345 g/mol. The van der Waals surface area contributed by atoms with Crippen LogP contribution in [0.1, 0.15) is 12.0 Å². The van der Waals surface area contributed by atoms with Crippen LogP contribution in [0.4, 0.5) is 5.69 Å². The summed E-state index contributed by atoms with van der Waals surface area (Å²) in [4.78, 5) is 11.0. The molecule has 0 bridgehead atoms. The van der Waals surface area contributed by atoms with E-state index in [1.807, 2.05) is 31.2 Å². The monoisotopic (exact) mass is 344 g/mol. The van der Waals surface area contributed by atoms with Crippen LogP contribution < -0.4 is 4.74 Å². The lowest BCUT2D eigenvalue weighted by Gasteiger charge is -2.10. The Morgan fingerprint density at radius 2 is 2.04 bits per heavy atom. The molecule has 0 amide bonds. The number of halogens is 1. The Morgan fingerprint density at radius 3 is 2.79 bits per heavy atom. The van der Waals surface area contributed by atoms with Gasteiger partial charge in [-0.15, -0.1) is 4.91 Å². The highest BCUT2D eigenvalue weighted by atomic mass is 35.5. The third-order valence-corrected chi connectivity index (χ3v) is 4.18. The summed E-state index contributed by atoms with van der Waals surface area (Å²) in [5.74, 6) is 0.708. The SMILES string of the molecule is Cc1ccccc1OCCCn1c(O)c(N=O)c2cc(Cl)ccc21. The largest absolute Gasteiger partial charge is 0.493 e. The zero-order chi connectivity index (χ0) is 17.1. The molecule has 0 fully saturated rings. The summed E-state index contributed by atoms with van der Waals surface area (Å²) in [6, 6.07) is 12.9. The number of benzene rings is 2. The number of aryl methyl sites for hydroxylation is 2. The Kier molecular flexibility index (Phi) is 4.71. The lowest BCUT2D eigenvalue weighted by atomic mass is 10.2. The van der Waals surface area contributed by atoms with Gasteiger partial charge >= 0.3 is 0 Å². The van der Waals surface area contributed by atoms with Crippen molar-refractivity contribution in [1.82, 2.24) is 4.57 Å². The van der Waals surface area contributed by atoms with Crippen LogP contribution in [-0.2, 0) is 6.54 Å². The second-order valence-corrected chi connectivity index (χ2v) is 5.98. The van der Waals surface area contributed by atoms with Crippen molar-refractivity contribution < 1.29 is 9.84 Å². The van der Waals surface area contributed by atoms with E-state index < -0.39 is 0 Å². The molecule has 0 aliphatic rings. The number of aromatic hydroxyl groups is 1. The number of aromatic nitrogens is 1. The number of ether oxygens (including phenoxy) is 1. The first-order chi connectivity index (χ1) is 11.6. The Balaban J connectivity index is 1.75. The summed E-state index contributed by atoms with van der Waals surface area (Å²) in [6.45, 7) is 3.00. The van der Waals surface area contributed by atoms with Gasteiger partial charge in [0.05, 0.1) is 12.1 Å². The van der Waals surface area contributed by atoms with Gasteiger partial charge in [-0.05, 0) is 48.4 Å². The van der Waals surface area contributed by atoms with Gasteiger partial charge in [0.25, 0.3) is 0 Å². The number of para-hydroxylation sites is 1. The van der Waals surface area contributed by atoms with Crippen LogP contribution >= 0.6 is 11.6 Å². The van der Waals surface area contributed by atoms with Crippen LogP contribution in [0, 0.1) is 11.8 Å². The van der Waals surface area contributed by atoms with Crippen LogP contribution in [0.5, 0.6) is 11.6 Å². The maximum atomic E-state index is 11.0. The zero-order valence-corrected chi connectivity index (χ0v) is 14.0. The van der Waals surface area contributed by atoms with E-state index in [1.54, 1.807) is 22.8 Å². The molecule has 0 saturated heterocycles. The van der Waals surface area contributed by atoms with Gasteiger partial charge in [0, 0.05) is 17.0 Å². The van der Waals surface area contributed by atoms with Crippen molar-refractivity contribution in [2.75, 3.05) is 6.61 Å². The molecule has 0 unspecified atom stereocenters. The Bertz CT molecular complexity index is 889. The van der Waals surface area contributed by atoms with Crippen molar-refractivity contribution in [2.24, 2.45) is 5.18 Å². The quantitative estimate of drug-likeness (QED) is 0.495. The van der Waals surface area contributed by atoms with E-state index in [9.17, 15) is 10.0 Å². The number of hydrogen-bond donors (Lipinski definition) is 1. The van der Waals surface area contributed by atoms with Crippen molar-refractivity contribution in [3.63, 3.8) is 0 Å². The summed E-state index contributed by atoms with van der Waals surface area (Å²) in [6.07, 6.45) is 0.673. The van der Waals surface area contributed by atoms with Crippen molar-refractivity contribution in [3.05, 3.63) is 58.0 Å². The van der Waals surface area contributed by atoms with Gasteiger partial charge < -0.3 is 14.4 Å². The molecule has 0 aliphatic heterocycles. The van der Waals surface area contributed by atoms with E-state index in [2.05, 4.69) is 5.18 Å². The molecule has 2 aromatic carbocycles. The molecular weight excluding hydrogens is 328 g/mol. The molecule has 1 heterocycles. The number of fused-ring (bicyclic) bond motifs is 1. The minimum absolute atomic E-state index is 0.0207. The predicted octanol–water partition coefficient (Wildman–Crippen LogP) is 5.18. The Morgan fingerprint density at radius 1 is 1.25 bits per heavy atom. The first-order valence-corrected chi connectivity index (χ1v) is 8.02. The van der Waals surface area contributed by atoms with E-state index in [0.717, 1.165) is 16.8 Å². The minimum Gasteiger partial charge on any atom is -0.493 e. The van der Waals surface area contributed by atoms with Crippen LogP contribution in [0.15, 0.2) is 47.6 Å². The minimum atomic E-state index is -0.141. The Labute approximate surface area is 144 Å². The molecule has 6 heteroatoms. The van der Waals surface area contributed by atoms with E-state index in [0.29, 0.717) is 30.0 Å². The second kappa shape index (κ2) is 6.93. The third kappa shape index (κ3) is 3.08. The van der Waals surface area contributed by atoms with Gasteiger partial charge in [0.2, 0.25) is 5.88 Å². The van der Waals surface area contributed by atoms with E-state index in [1.165, 1.54) is 0 Å². The fraction of sp³-hybridized carbons (Fsp3) is 0.222. The van der Waals surface area contributed by atoms with Crippen molar-refractivity contribution >= 4 is 28.2 Å². The lowest BCUT2D eigenvalue weighted by molar-refractivity contribution is 0.296. The van der Waals surface area contributed by atoms with E-state index >= 15 is 0 Å². The fourth-order valence-electron chi connectivity index (χ4n) is 2.74. The van der Waals surface area contributed by atoms with Gasteiger partial charge in [-0.25, -0.2) is 0 Å². The normalized spacial score (nSPS) is 10.9. The number of nitrogens with zero attached hydrogens (tertiary/aromatic N) is 2. The van der Waals surface area contributed by atoms with Crippen LogP contribution in [0.2, 0.25) is 5.02 Å². The molecule has 1 aromatic heterocycles. The van der Waals surface area contributed by atoms with Gasteiger partial charge in [-0.1, -0.05) is 29.8 Å². The molecule has 3 rings (SSSR count). The standard InChI is InChI=1S/C18H17ClN2O3/c1-12-5-2-3-6-16(12)24-10-4-9-21-15-8-7-13(19)11-14(15)17(20-23)18(21)22/h2-3,5-8,11,22H,4,9-10H2,1H3. The molecule has 0 saturated carbocycles. The average Bonchev–Trinajstić information content (AvgIpc) is 2.83.